The summed E-state index contributed by atoms with van der Waals surface area (Å²) in [5.74, 6) is -0.276. The van der Waals surface area contributed by atoms with Crippen molar-refractivity contribution in [2.75, 3.05) is 12.4 Å². The quantitative estimate of drug-likeness (QED) is 0.910. The van der Waals surface area contributed by atoms with Gasteiger partial charge in [0.2, 0.25) is 0 Å². The van der Waals surface area contributed by atoms with Gasteiger partial charge in [0.1, 0.15) is 4.88 Å². The van der Waals surface area contributed by atoms with Gasteiger partial charge in [-0.25, -0.2) is 4.98 Å². The number of halogens is 3. The topological polar surface area (TPSA) is 54.0 Å². The normalized spacial score (nSPS) is 11.3. The van der Waals surface area contributed by atoms with Crippen molar-refractivity contribution in [3.05, 3.63) is 40.4 Å². The van der Waals surface area contributed by atoms with Gasteiger partial charge in [-0.1, -0.05) is 17.4 Å². The highest BCUT2D eigenvalue weighted by atomic mass is 32.1. The molecule has 0 atom stereocenters. The summed E-state index contributed by atoms with van der Waals surface area (Å²) >= 11 is 1.08. The molecule has 4 nitrogen and oxygen atoms in total. The van der Waals surface area contributed by atoms with Gasteiger partial charge < -0.3 is 10.6 Å². The first-order valence-electron chi connectivity index (χ1n) is 5.95. The maximum Gasteiger partial charge on any atom is 0.416 e. The second kappa shape index (κ2) is 5.72. The van der Waals surface area contributed by atoms with Gasteiger partial charge in [0.15, 0.2) is 5.13 Å². The van der Waals surface area contributed by atoms with E-state index in [0.717, 1.165) is 23.5 Å². The van der Waals surface area contributed by atoms with Crippen molar-refractivity contribution in [1.82, 2.24) is 10.3 Å². The van der Waals surface area contributed by atoms with E-state index in [2.05, 4.69) is 15.6 Å². The Hall–Kier alpha value is -2.09. The molecule has 0 fully saturated rings. The van der Waals surface area contributed by atoms with Crippen molar-refractivity contribution < 1.29 is 18.0 Å². The molecule has 0 saturated carbocycles. The maximum atomic E-state index is 12.6. The van der Waals surface area contributed by atoms with E-state index in [0.29, 0.717) is 15.7 Å². The molecule has 1 heterocycles. The van der Waals surface area contributed by atoms with Gasteiger partial charge in [-0.3, -0.25) is 4.79 Å². The summed E-state index contributed by atoms with van der Waals surface area (Å²) in [6.45, 7) is 1.67. The molecule has 8 heteroatoms. The minimum absolute atomic E-state index is 0.266. The fourth-order valence-electron chi connectivity index (χ4n) is 1.67. The number of amides is 1. The molecule has 0 aliphatic heterocycles. The van der Waals surface area contributed by atoms with Crippen molar-refractivity contribution in [2.45, 2.75) is 13.1 Å². The summed E-state index contributed by atoms with van der Waals surface area (Å²) < 4.78 is 37.9. The van der Waals surface area contributed by atoms with E-state index in [9.17, 15) is 18.0 Å². The second-order valence-electron chi connectivity index (χ2n) is 4.22. The molecule has 1 amide bonds. The van der Waals surface area contributed by atoms with E-state index in [4.69, 9.17) is 0 Å². The highest BCUT2D eigenvalue weighted by Gasteiger charge is 2.30. The summed E-state index contributed by atoms with van der Waals surface area (Å²) in [5, 5.41) is 5.63. The van der Waals surface area contributed by atoms with Crippen LogP contribution < -0.4 is 10.6 Å². The minimum atomic E-state index is -4.40. The predicted octanol–water partition coefficient (Wildman–Crippen LogP) is 3.57. The number of benzene rings is 1. The van der Waals surface area contributed by atoms with Crippen molar-refractivity contribution >= 4 is 28.1 Å². The van der Waals surface area contributed by atoms with E-state index < -0.39 is 11.7 Å². The molecule has 112 valence electrons. The maximum absolute atomic E-state index is 12.6. The molecule has 1 aromatic heterocycles. The number of alkyl halides is 3. The van der Waals surface area contributed by atoms with Gasteiger partial charge in [-0.15, -0.1) is 0 Å². The number of anilines is 2. The number of rotatable bonds is 3. The Morgan fingerprint density at radius 3 is 2.67 bits per heavy atom. The van der Waals surface area contributed by atoms with Crippen molar-refractivity contribution in [3.63, 3.8) is 0 Å². The van der Waals surface area contributed by atoms with Crippen LogP contribution >= 0.6 is 11.3 Å². The van der Waals surface area contributed by atoms with Crippen LogP contribution in [0.2, 0.25) is 0 Å². The number of carbonyl (C=O) groups is 1. The molecule has 0 radical (unpaired) electrons. The molecular formula is C13H12F3N3OS. The van der Waals surface area contributed by atoms with Crippen LogP contribution in [-0.4, -0.2) is 17.9 Å². The zero-order valence-electron chi connectivity index (χ0n) is 11.2. The van der Waals surface area contributed by atoms with Crippen molar-refractivity contribution in [2.24, 2.45) is 0 Å². The lowest BCUT2D eigenvalue weighted by molar-refractivity contribution is -0.137. The number of thiazole rings is 1. The Balaban J connectivity index is 2.25. The average Bonchev–Trinajstić information content (AvgIpc) is 2.78. The monoisotopic (exact) mass is 315 g/mol. The fraction of sp³-hybridized carbons (Fsp3) is 0.231. The highest BCUT2D eigenvalue weighted by molar-refractivity contribution is 7.17. The van der Waals surface area contributed by atoms with E-state index in [1.165, 1.54) is 19.2 Å². The van der Waals surface area contributed by atoms with Gasteiger partial charge in [-0.2, -0.15) is 13.2 Å². The van der Waals surface area contributed by atoms with Crippen LogP contribution in [0.5, 0.6) is 0 Å². The predicted molar refractivity (Wildman–Crippen MR) is 75.0 cm³/mol. The lowest BCUT2D eigenvalue weighted by atomic mass is 10.2. The van der Waals surface area contributed by atoms with Crippen LogP contribution in [0.3, 0.4) is 0 Å². The third-order valence-electron chi connectivity index (χ3n) is 2.67. The Kier molecular flexibility index (Phi) is 4.17. The highest BCUT2D eigenvalue weighted by Crippen LogP contribution is 2.32. The SMILES string of the molecule is CNC(=O)c1sc(Nc2cccc(C(F)(F)F)c2)nc1C. The number of nitrogens with one attached hydrogen (secondary N) is 2. The summed E-state index contributed by atoms with van der Waals surface area (Å²) in [6, 6.07) is 4.81. The van der Waals surface area contributed by atoms with Gasteiger partial charge in [-0.05, 0) is 25.1 Å². The third-order valence-corrected chi connectivity index (χ3v) is 3.74. The number of aromatic nitrogens is 1. The zero-order valence-corrected chi connectivity index (χ0v) is 12.0. The molecule has 0 bridgehead atoms. The molecule has 0 aliphatic carbocycles. The second-order valence-corrected chi connectivity index (χ2v) is 5.22. The van der Waals surface area contributed by atoms with Gasteiger partial charge in [0, 0.05) is 12.7 Å². The molecule has 0 saturated heterocycles. The van der Waals surface area contributed by atoms with Crippen LogP contribution in [0.1, 0.15) is 20.9 Å². The van der Waals surface area contributed by atoms with Crippen LogP contribution in [0.25, 0.3) is 0 Å². The largest absolute Gasteiger partial charge is 0.416 e. The average molecular weight is 315 g/mol. The number of aryl methyl sites for hydroxylation is 1. The third kappa shape index (κ3) is 3.52. The van der Waals surface area contributed by atoms with E-state index >= 15 is 0 Å². The summed E-state index contributed by atoms with van der Waals surface area (Å²) in [5.41, 5.74) is 0.0446. The molecule has 1 aromatic carbocycles. The van der Waals surface area contributed by atoms with E-state index in [1.807, 2.05) is 0 Å². The van der Waals surface area contributed by atoms with Crippen molar-refractivity contribution in [3.8, 4) is 0 Å². The molecule has 0 aliphatic rings. The first-order chi connectivity index (χ1) is 9.81. The Morgan fingerprint density at radius 1 is 1.33 bits per heavy atom. The minimum Gasteiger partial charge on any atom is -0.354 e. The first-order valence-corrected chi connectivity index (χ1v) is 6.76. The van der Waals surface area contributed by atoms with Crippen LogP contribution in [0.4, 0.5) is 24.0 Å². The smallest absolute Gasteiger partial charge is 0.354 e. The molecule has 0 unspecified atom stereocenters. The standard InChI is InChI=1S/C13H12F3N3OS/c1-7-10(11(20)17-2)21-12(18-7)19-9-5-3-4-8(6-9)13(14,15)16/h3-6H,1-2H3,(H,17,20)(H,18,19). The van der Waals surface area contributed by atoms with Gasteiger partial charge in [0.25, 0.3) is 5.91 Å². The zero-order chi connectivity index (χ0) is 15.6. The van der Waals surface area contributed by atoms with E-state index in [1.54, 1.807) is 6.92 Å². The van der Waals surface area contributed by atoms with Crippen LogP contribution in [-0.2, 0) is 6.18 Å². The lowest BCUT2D eigenvalue weighted by Crippen LogP contribution is -2.17. The first kappa shape index (κ1) is 15.3. The number of carbonyl (C=O) groups excluding carboxylic acids is 1. The van der Waals surface area contributed by atoms with Gasteiger partial charge >= 0.3 is 6.18 Å². The lowest BCUT2D eigenvalue weighted by Gasteiger charge is -2.08. The van der Waals surface area contributed by atoms with Crippen LogP contribution in [0.15, 0.2) is 24.3 Å². The Labute approximate surface area is 123 Å². The number of nitrogens with zero attached hydrogens (tertiary/aromatic N) is 1. The summed E-state index contributed by atoms with van der Waals surface area (Å²) in [4.78, 5) is 16.1. The Morgan fingerprint density at radius 2 is 2.05 bits per heavy atom. The molecule has 0 spiro atoms. The van der Waals surface area contributed by atoms with Crippen LogP contribution in [0, 0.1) is 6.92 Å². The number of hydrogen-bond donors (Lipinski definition) is 2. The summed E-state index contributed by atoms with van der Waals surface area (Å²) in [6.07, 6.45) is -4.40. The molecule has 2 N–H and O–H groups in total. The Bertz CT molecular complexity index is 667. The van der Waals surface area contributed by atoms with E-state index in [-0.39, 0.29) is 11.6 Å². The molecule has 2 rings (SSSR count). The van der Waals surface area contributed by atoms with Crippen molar-refractivity contribution in [1.29, 1.82) is 0 Å². The molecule has 2 aromatic rings. The fourth-order valence-corrected chi connectivity index (χ4v) is 2.60. The molecule has 21 heavy (non-hydrogen) atoms. The van der Waals surface area contributed by atoms with Gasteiger partial charge in [0.05, 0.1) is 11.3 Å². The number of hydrogen-bond acceptors (Lipinski definition) is 4. The molecular weight excluding hydrogens is 303 g/mol. The summed E-state index contributed by atoms with van der Waals surface area (Å²) in [7, 11) is 1.50.